The number of rotatable bonds is 3. The molecular formula is C12H19NS. The van der Waals surface area contributed by atoms with Crippen molar-refractivity contribution in [3.63, 3.8) is 0 Å². The van der Waals surface area contributed by atoms with Crippen LogP contribution in [-0.2, 0) is 6.54 Å². The quantitative estimate of drug-likeness (QED) is 0.805. The summed E-state index contributed by atoms with van der Waals surface area (Å²) in [6.07, 6.45) is 4.13. The molecule has 0 radical (unpaired) electrons. The van der Waals surface area contributed by atoms with Gasteiger partial charge in [0.25, 0.3) is 0 Å². The van der Waals surface area contributed by atoms with E-state index in [9.17, 15) is 0 Å². The van der Waals surface area contributed by atoms with Gasteiger partial charge in [0, 0.05) is 17.5 Å². The lowest BCUT2D eigenvalue weighted by molar-refractivity contribution is 0.502. The molecule has 78 valence electrons. The Morgan fingerprint density at radius 3 is 2.93 bits per heavy atom. The number of aryl methyl sites for hydroxylation is 1. The molecule has 0 aromatic carbocycles. The Labute approximate surface area is 90.5 Å². The van der Waals surface area contributed by atoms with Crippen molar-refractivity contribution < 1.29 is 0 Å². The van der Waals surface area contributed by atoms with Crippen molar-refractivity contribution in [2.45, 2.75) is 45.7 Å². The van der Waals surface area contributed by atoms with Crippen LogP contribution in [0.3, 0.4) is 0 Å². The standard InChI is InChI=1S/C12H19NS/c1-9-3-4-12(7-9)13-8-11-5-6-14-10(11)2/h5-6,9,12-13H,3-4,7-8H2,1-2H3. The molecule has 2 rings (SSSR count). The Morgan fingerprint density at radius 2 is 2.36 bits per heavy atom. The minimum absolute atomic E-state index is 0.768. The Morgan fingerprint density at radius 1 is 1.50 bits per heavy atom. The highest BCUT2D eigenvalue weighted by Gasteiger charge is 2.20. The van der Waals surface area contributed by atoms with Crippen LogP contribution in [0.15, 0.2) is 11.4 Å². The molecule has 1 fully saturated rings. The Balaban J connectivity index is 1.80. The molecule has 1 aliphatic rings. The van der Waals surface area contributed by atoms with Crippen LogP contribution in [0, 0.1) is 12.8 Å². The van der Waals surface area contributed by atoms with Crippen LogP contribution in [0.25, 0.3) is 0 Å². The zero-order valence-corrected chi connectivity index (χ0v) is 9.86. The van der Waals surface area contributed by atoms with E-state index >= 15 is 0 Å². The Kier molecular flexibility index (Phi) is 3.24. The van der Waals surface area contributed by atoms with Gasteiger partial charge in [-0.3, -0.25) is 0 Å². The minimum Gasteiger partial charge on any atom is -0.310 e. The van der Waals surface area contributed by atoms with Gasteiger partial charge in [0.05, 0.1) is 0 Å². The molecular weight excluding hydrogens is 190 g/mol. The maximum Gasteiger partial charge on any atom is 0.0219 e. The van der Waals surface area contributed by atoms with E-state index in [1.165, 1.54) is 29.7 Å². The second-order valence-corrected chi connectivity index (χ2v) is 5.62. The van der Waals surface area contributed by atoms with Crippen molar-refractivity contribution in [1.29, 1.82) is 0 Å². The van der Waals surface area contributed by atoms with E-state index in [2.05, 4.69) is 30.6 Å². The first-order valence-corrected chi connectivity index (χ1v) is 6.40. The summed E-state index contributed by atoms with van der Waals surface area (Å²) in [4.78, 5) is 1.46. The number of hydrogen-bond acceptors (Lipinski definition) is 2. The molecule has 1 aromatic heterocycles. The molecule has 0 bridgehead atoms. The maximum absolute atomic E-state index is 3.66. The van der Waals surface area contributed by atoms with Gasteiger partial charge in [0.1, 0.15) is 0 Å². The average molecular weight is 209 g/mol. The highest BCUT2D eigenvalue weighted by molar-refractivity contribution is 7.10. The number of nitrogens with one attached hydrogen (secondary N) is 1. The molecule has 14 heavy (non-hydrogen) atoms. The summed E-state index contributed by atoms with van der Waals surface area (Å²) in [7, 11) is 0. The minimum atomic E-state index is 0.768. The van der Waals surface area contributed by atoms with Crippen molar-refractivity contribution in [2.75, 3.05) is 0 Å². The predicted molar refractivity (Wildman–Crippen MR) is 62.7 cm³/mol. The van der Waals surface area contributed by atoms with Crippen molar-refractivity contribution in [3.05, 3.63) is 21.9 Å². The monoisotopic (exact) mass is 209 g/mol. The van der Waals surface area contributed by atoms with E-state index in [0.29, 0.717) is 0 Å². The van der Waals surface area contributed by atoms with E-state index in [1.54, 1.807) is 0 Å². The summed E-state index contributed by atoms with van der Waals surface area (Å²) < 4.78 is 0. The van der Waals surface area contributed by atoms with E-state index in [1.807, 2.05) is 11.3 Å². The van der Waals surface area contributed by atoms with Crippen LogP contribution in [0.2, 0.25) is 0 Å². The summed E-state index contributed by atoms with van der Waals surface area (Å²) in [5.41, 5.74) is 1.48. The lowest BCUT2D eigenvalue weighted by Crippen LogP contribution is -2.25. The summed E-state index contributed by atoms with van der Waals surface area (Å²) >= 11 is 1.85. The molecule has 2 heteroatoms. The molecule has 1 aromatic rings. The number of hydrogen-bond donors (Lipinski definition) is 1. The number of thiophene rings is 1. The average Bonchev–Trinajstić information content (AvgIpc) is 2.72. The van der Waals surface area contributed by atoms with E-state index < -0.39 is 0 Å². The van der Waals surface area contributed by atoms with E-state index in [4.69, 9.17) is 0 Å². The van der Waals surface area contributed by atoms with Crippen LogP contribution < -0.4 is 5.32 Å². The predicted octanol–water partition coefficient (Wildman–Crippen LogP) is 3.33. The first kappa shape index (κ1) is 10.2. The van der Waals surface area contributed by atoms with Crippen LogP contribution >= 0.6 is 11.3 Å². The molecule has 1 N–H and O–H groups in total. The molecule has 1 nitrogen and oxygen atoms in total. The summed E-state index contributed by atoms with van der Waals surface area (Å²) in [5, 5.41) is 5.85. The Bertz CT molecular complexity index is 292. The summed E-state index contributed by atoms with van der Waals surface area (Å²) in [6.45, 7) is 5.63. The molecule has 1 saturated carbocycles. The first-order chi connectivity index (χ1) is 6.75. The van der Waals surface area contributed by atoms with Crippen molar-refractivity contribution in [3.8, 4) is 0 Å². The molecule has 0 saturated heterocycles. The molecule has 0 spiro atoms. The third-order valence-electron chi connectivity index (χ3n) is 3.24. The lowest BCUT2D eigenvalue weighted by atomic mass is 10.1. The van der Waals surface area contributed by atoms with Gasteiger partial charge in [-0.1, -0.05) is 6.92 Å². The molecule has 2 atom stereocenters. The molecule has 0 aliphatic heterocycles. The first-order valence-electron chi connectivity index (χ1n) is 5.52. The van der Waals surface area contributed by atoms with Gasteiger partial charge >= 0.3 is 0 Å². The van der Waals surface area contributed by atoms with Gasteiger partial charge in [-0.15, -0.1) is 11.3 Å². The van der Waals surface area contributed by atoms with Crippen LogP contribution in [0.5, 0.6) is 0 Å². The van der Waals surface area contributed by atoms with Gasteiger partial charge in [0.15, 0.2) is 0 Å². The van der Waals surface area contributed by atoms with Crippen molar-refractivity contribution in [1.82, 2.24) is 5.32 Å². The van der Waals surface area contributed by atoms with Crippen molar-refractivity contribution in [2.24, 2.45) is 5.92 Å². The summed E-state index contributed by atoms with van der Waals surface area (Å²) in [5.74, 6) is 0.927. The molecule has 1 heterocycles. The maximum atomic E-state index is 3.66. The van der Waals surface area contributed by atoms with Gasteiger partial charge in [0.2, 0.25) is 0 Å². The smallest absolute Gasteiger partial charge is 0.0219 e. The Hall–Kier alpha value is -0.340. The third kappa shape index (κ3) is 2.37. The molecule has 0 amide bonds. The fourth-order valence-electron chi connectivity index (χ4n) is 2.24. The highest BCUT2D eigenvalue weighted by atomic mass is 32.1. The van der Waals surface area contributed by atoms with E-state index in [0.717, 1.165) is 18.5 Å². The van der Waals surface area contributed by atoms with E-state index in [-0.39, 0.29) is 0 Å². The zero-order chi connectivity index (χ0) is 9.97. The fourth-order valence-corrected chi connectivity index (χ4v) is 2.97. The highest BCUT2D eigenvalue weighted by Crippen LogP contribution is 2.25. The summed E-state index contributed by atoms with van der Waals surface area (Å²) in [6, 6.07) is 3.01. The van der Waals surface area contributed by atoms with Crippen LogP contribution in [0.4, 0.5) is 0 Å². The third-order valence-corrected chi connectivity index (χ3v) is 4.13. The lowest BCUT2D eigenvalue weighted by Gasteiger charge is -2.11. The topological polar surface area (TPSA) is 12.0 Å². The zero-order valence-electron chi connectivity index (χ0n) is 9.05. The van der Waals surface area contributed by atoms with Gasteiger partial charge < -0.3 is 5.32 Å². The fraction of sp³-hybridized carbons (Fsp3) is 0.667. The van der Waals surface area contributed by atoms with Crippen molar-refractivity contribution >= 4 is 11.3 Å². The largest absolute Gasteiger partial charge is 0.310 e. The van der Waals surface area contributed by atoms with Gasteiger partial charge in [-0.2, -0.15) is 0 Å². The van der Waals surface area contributed by atoms with Gasteiger partial charge in [-0.05, 0) is 49.1 Å². The second-order valence-electron chi connectivity index (χ2n) is 4.50. The SMILES string of the molecule is Cc1sccc1CNC1CCC(C)C1. The second kappa shape index (κ2) is 4.45. The van der Waals surface area contributed by atoms with Crippen LogP contribution in [0.1, 0.15) is 36.6 Å². The molecule has 1 aliphatic carbocycles. The van der Waals surface area contributed by atoms with Crippen LogP contribution in [-0.4, -0.2) is 6.04 Å². The molecule has 2 unspecified atom stereocenters. The normalized spacial score (nSPS) is 27.0. The van der Waals surface area contributed by atoms with Gasteiger partial charge in [-0.25, -0.2) is 0 Å².